The summed E-state index contributed by atoms with van der Waals surface area (Å²) in [5.74, 6) is 0. The molecule has 13 heavy (non-hydrogen) atoms. The number of hydrogen-bond acceptors (Lipinski definition) is 2. The maximum Gasteiger partial charge on any atom is 0.0958 e. The summed E-state index contributed by atoms with van der Waals surface area (Å²) in [6.07, 6.45) is 1.84. The predicted molar refractivity (Wildman–Crippen MR) is 53.4 cm³/mol. The van der Waals surface area contributed by atoms with Crippen molar-refractivity contribution in [2.24, 2.45) is 5.73 Å². The zero-order valence-corrected chi connectivity index (χ0v) is 7.64. The van der Waals surface area contributed by atoms with E-state index in [-0.39, 0.29) is 6.04 Å². The topological polar surface area (TPSA) is 43.8 Å². The Morgan fingerprint density at radius 3 is 3.00 bits per heavy atom. The molecule has 2 aromatic rings. The first kappa shape index (κ1) is 8.26. The van der Waals surface area contributed by atoms with E-state index in [2.05, 4.69) is 15.6 Å². The number of hydrogen-bond donors (Lipinski definition) is 1. The minimum Gasteiger partial charge on any atom is -0.329 e. The van der Waals surface area contributed by atoms with E-state index in [4.69, 9.17) is 5.73 Å². The highest BCUT2D eigenvalue weighted by molar-refractivity contribution is 5.74. The van der Waals surface area contributed by atoms with Crippen molar-refractivity contribution in [2.75, 3.05) is 0 Å². The molecule has 1 heterocycles. The number of rotatable bonds is 2. The lowest BCUT2D eigenvalue weighted by atomic mass is 10.3. The van der Waals surface area contributed by atoms with Crippen LogP contribution >= 0.6 is 0 Å². The number of imidazole rings is 1. The Bertz CT molecular complexity index is 403. The Morgan fingerprint density at radius 1 is 1.46 bits per heavy atom. The highest BCUT2D eigenvalue weighted by Gasteiger charge is 2.02. The Balaban J connectivity index is 2.46. The van der Waals surface area contributed by atoms with Gasteiger partial charge in [0.25, 0.3) is 0 Å². The van der Waals surface area contributed by atoms with Gasteiger partial charge < -0.3 is 10.3 Å². The lowest BCUT2D eigenvalue weighted by molar-refractivity contribution is 0.602. The van der Waals surface area contributed by atoms with Gasteiger partial charge in [-0.15, -0.1) is 0 Å². The maximum atomic E-state index is 5.73. The van der Waals surface area contributed by atoms with Crippen LogP contribution in [0.5, 0.6) is 0 Å². The third kappa shape index (κ3) is 1.55. The summed E-state index contributed by atoms with van der Waals surface area (Å²) in [4.78, 5) is 4.28. The monoisotopic (exact) mass is 175 g/mol. The van der Waals surface area contributed by atoms with Crippen molar-refractivity contribution >= 4 is 11.0 Å². The van der Waals surface area contributed by atoms with E-state index in [1.54, 1.807) is 0 Å². The molecule has 0 saturated heterocycles. The van der Waals surface area contributed by atoms with E-state index in [1.165, 1.54) is 0 Å². The molecule has 2 N–H and O–H groups in total. The highest BCUT2D eigenvalue weighted by atomic mass is 15.1. The normalized spacial score (nSPS) is 13.4. The Kier molecular flexibility index (Phi) is 2.02. The average Bonchev–Trinajstić information content (AvgIpc) is 2.48. The molecule has 0 spiro atoms. The van der Waals surface area contributed by atoms with Gasteiger partial charge in [0, 0.05) is 12.6 Å². The minimum atomic E-state index is 0.164. The molecule has 0 radical (unpaired) electrons. The predicted octanol–water partition coefficient (Wildman–Crippen LogP) is 1.38. The first-order valence-electron chi connectivity index (χ1n) is 4.43. The molecule has 0 aliphatic heterocycles. The Labute approximate surface area is 77.2 Å². The van der Waals surface area contributed by atoms with Gasteiger partial charge >= 0.3 is 0 Å². The van der Waals surface area contributed by atoms with Crippen LogP contribution in [-0.4, -0.2) is 15.6 Å². The first-order chi connectivity index (χ1) is 6.27. The second-order valence-corrected chi connectivity index (χ2v) is 3.36. The van der Waals surface area contributed by atoms with Gasteiger partial charge in [-0.1, -0.05) is 12.1 Å². The van der Waals surface area contributed by atoms with E-state index in [9.17, 15) is 0 Å². The van der Waals surface area contributed by atoms with E-state index < -0.39 is 0 Å². The van der Waals surface area contributed by atoms with Crippen LogP contribution in [-0.2, 0) is 6.54 Å². The Morgan fingerprint density at radius 2 is 2.23 bits per heavy atom. The van der Waals surface area contributed by atoms with Crippen molar-refractivity contribution in [2.45, 2.75) is 19.5 Å². The molecule has 3 nitrogen and oxygen atoms in total. The molecule has 2 rings (SSSR count). The molecule has 1 aromatic heterocycles. The summed E-state index contributed by atoms with van der Waals surface area (Å²) >= 11 is 0. The van der Waals surface area contributed by atoms with Gasteiger partial charge in [-0.2, -0.15) is 0 Å². The summed E-state index contributed by atoms with van der Waals surface area (Å²) in [7, 11) is 0. The lowest BCUT2D eigenvalue weighted by Gasteiger charge is -2.06. The molecular weight excluding hydrogens is 162 g/mol. The number of benzene rings is 1. The standard InChI is InChI=1S/C10H13N3/c1-8(11)6-13-7-12-9-4-2-3-5-10(9)13/h2-5,7-8H,6,11H2,1H3/t8-/m1/s1. The van der Waals surface area contributed by atoms with E-state index >= 15 is 0 Å². The van der Waals surface area contributed by atoms with Crippen LogP contribution in [0.4, 0.5) is 0 Å². The SMILES string of the molecule is C[C@@H](N)Cn1cnc2ccccc21. The molecular formula is C10H13N3. The fourth-order valence-corrected chi connectivity index (χ4v) is 1.47. The second kappa shape index (κ2) is 3.18. The number of nitrogens with two attached hydrogens (primary N) is 1. The van der Waals surface area contributed by atoms with Crippen LogP contribution in [0.2, 0.25) is 0 Å². The largest absolute Gasteiger partial charge is 0.329 e. The first-order valence-corrected chi connectivity index (χ1v) is 4.43. The van der Waals surface area contributed by atoms with Gasteiger partial charge in [0.1, 0.15) is 0 Å². The van der Waals surface area contributed by atoms with Crippen molar-refractivity contribution in [3.63, 3.8) is 0 Å². The zero-order chi connectivity index (χ0) is 9.26. The van der Waals surface area contributed by atoms with Gasteiger partial charge in [-0.3, -0.25) is 0 Å². The highest BCUT2D eigenvalue weighted by Crippen LogP contribution is 2.11. The molecule has 68 valence electrons. The molecule has 0 amide bonds. The van der Waals surface area contributed by atoms with Crippen LogP contribution < -0.4 is 5.73 Å². The maximum absolute atomic E-state index is 5.73. The van der Waals surface area contributed by atoms with Gasteiger partial charge in [0.2, 0.25) is 0 Å². The number of fused-ring (bicyclic) bond motifs is 1. The lowest BCUT2D eigenvalue weighted by Crippen LogP contribution is -2.21. The number of aromatic nitrogens is 2. The van der Waals surface area contributed by atoms with Gasteiger partial charge in [-0.05, 0) is 19.1 Å². The van der Waals surface area contributed by atoms with Crippen LogP contribution in [0.25, 0.3) is 11.0 Å². The van der Waals surface area contributed by atoms with E-state index in [0.29, 0.717) is 0 Å². The molecule has 0 aliphatic rings. The van der Waals surface area contributed by atoms with Crippen LogP contribution in [0.3, 0.4) is 0 Å². The molecule has 1 aromatic carbocycles. The summed E-state index contributed by atoms with van der Waals surface area (Å²) in [6, 6.07) is 8.24. The minimum absolute atomic E-state index is 0.164. The fraction of sp³-hybridized carbons (Fsp3) is 0.300. The van der Waals surface area contributed by atoms with E-state index in [1.807, 2.05) is 31.5 Å². The van der Waals surface area contributed by atoms with Crippen molar-refractivity contribution < 1.29 is 0 Å². The smallest absolute Gasteiger partial charge is 0.0958 e. The molecule has 3 heteroatoms. The summed E-state index contributed by atoms with van der Waals surface area (Å²) in [5, 5.41) is 0. The fourth-order valence-electron chi connectivity index (χ4n) is 1.47. The Hall–Kier alpha value is -1.35. The third-order valence-electron chi connectivity index (χ3n) is 2.01. The molecule has 0 aliphatic carbocycles. The van der Waals surface area contributed by atoms with Gasteiger partial charge in [-0.25, -0.2) is 4.98 Å². The molecule has 0 unspecified atom stereocenters. The number of para-hydroxylation sites is 2. The van der Waals surface area contributed by atoms with E-state index in [0.717, 1.165) is 17.6 Å². The molecule has 0 fully saturated rings. The number of nitrogens with zero attached hydrogens (tertiary/aromatic N) is 2. The molecule has 0 bridgehead atoms. The van der Waals surface area contributed by atoms with Crippen LogP contribution in [0.1, 0.15) is 6.92 Å². The van der Waals surface area contributed by atoms with Crippen molar-refractivity contribution in [1.29, 1.82) is 0 Å². The third-order valence-corrected chi connectivity index (χ3v) is 2.01. The summed E-state index contributed by atoms with van der Waals surface area (Å²) < 4.78 is 2.08. The average molecular weight is 175 g/mol. The quantitative estimate of drug-likeness (QED) is 0.749. The van der Waals surface area contributed by atoms with Crippen LogP contribution in [0.15, 0.2) is 30.6 Å². The summed E-state index contributed by atoms with van der Waals surface area (Å²) in [5.41, 5.74) is 7.91. The molecule has 1 atom stereocenters. The van der Waals surface area contributed by atoms with Gasteiger partial charge in [0.05, 0.1) is 17.4 Å². The zero-order valence-electron chi connectivity index (χ0n) is 7.64. The van der Waals surface area contributed by atoms with Crippen molar-refractivity contribution in [3.05, 3.63) is 30.6 Å². The second-order valence-electron chi connectivity index (χ2n) is 3.36. The van der Waals surface area contributed by atoms with Crippen molar-refractivity contribution in [3.8, 4) is 0 Å². The van der Waals surface area contributed by atoms with Crippen molar-refractivity contribution in [1.82, 2.24) is 9.55 Å². The van der Waals surface area contributed by atoms with Crippen LogP contribution in [0, 0.1) is 0 Å². The summed E-state index contributed by atoms with van der Waals surface area (Å²) in [6.45, 7) is 2.81. The van der Waals surface area contributed by atoms with Gasteiger partial charge in [0.15, 0.2) is 0 Å². The molecule has 0 saturated carbocycles.